The Bertz CT molecular complexity index is 1140. The summed E-state index contributed by atoms with van der Waals surface area (Å²) in [7, 11) is 0. The second-order valence-electron chi connectivity index (χ2n) is 6.96. The van der Waals surface area contributed by atoms with Crippen LogP contribution in [0.1, 0.15) is 28.2 Å². The first-order valence-corrected chi connectivity index (χ1v) is 9.24. The van der Waals surface area contributed by atoms with E-state index in [4.69, 9.17) is 15.2 Å². The summed E-state index contributed by atoms with van der Waals surface area (Å²) in [5.74, 6) is 0.752. The van der Waals surface area contributed by atoms with Crippen molar-refractivity contribution in [1.29, 1.82) is 5.26 Å². The van der Waals surface area contributed by atoms with Gasteiger partial charge in [0.15, 0.2) is 0 Å². The number of benzene rings is 3. The van der Waals surface area contributed by atoms with Gasteiger partial charge < -0.3 is 20.3 Å². The first-order chi connectivity index (χ1) is 14.1. The van der Waals surface area contributed by atoms with Crippen LogP contribution in [-0.2, 0) is 6.61 Å². The van der Waals surface area contributed by atoms with Crippen LogP contribution in [0.4, 0.5) is 0 Å². The highest BCUT2D eigenvalue weighted by Crippen LogP contribution is 2.45. The summed E-state index contributed by atoms with van der Waals surface area (Å²) in [5, 5.41) is 19.6. The first-order valence-electron chi connectivity index (χ1n) is 9.24. The average Bonchev–Trinajstić information content (AvgIpc) is 2.71. The van der Waals surface area contributed by atoms with Gasteiger partial charge in [-0.1, -0.05) is 54.1 Å². The molecule has 0 aliphatic carbocycles. The lowest BCUT2D eigenvalue weighted by Gasteiger charge is -2.27. The predicted molar refractivity (Wildman–Crippen MR) is 109 cm³/mol. The Morgan fingerprint density at radius 1 is 1.07 bits per heavy atom. The maximum Gasteiger partial charge on any atom is 0.205 e. The van der Waals surface area contributed by atoms with Crippen LogP contribution in [0.3, 0.4) is 0 Å². The quantitative estimate of drug-likeness (QED) is 0.691. The molecular weight excluding hydrogens is 364 g/mol. The molecule has 0 fully saturated rings. The smallest absolute Gasteiger partial charge is 0.205 e. The highest BCUT2D eigenvalue weighted by Gasteiger charge is 2.32. The molecule has 4 rings (SSSR count). The Hall–Kier alpha value is -3.91. The Balaban J connectivity index is 1.75. The van der Waals surface area contributed by atoms with Crippen molar-refractivity contribution >= 4 is 0 Å². The molecule has 1 aliphatic rings. The molecular formula is C24H20N2O3. The number of nitriles is 1. The minimum atomic E-state index is -0.446. The summed E-state index contributed by atoms with van der Waals surface area (Å²) < 4.78 is 11.7. The molecule has 3 aromatic carbocycles. The van der Waals surface area contributed by atoms with Gasteiger partial charge in [0, 0.05) is 17.2 Å². The number of aryl methyl sites for hydroxylation is 1. The second-order valence-corrected chi connectivity index (χ2v) is 6.96. The SMILES string of the molecule is Cc1cccc(COc2ccccc2[C@@H]2C(C#N)=C(N)Oc3cc(O)ccc32)c1. The van der Waals surface area contributed by atoms with Gasteiger partial charge in [0.25, 0.3) is 0 Å². The normalized spacial score (nSPS) is 15.2. The van der Waals surface area contributed by atoms with E-state index >= 15 is 0 Å². The summed E-state index contributed by atoms with van der Waals surface area (Å²) in [5.41, 5.74) is 10.1. The highest BCUT2D eigenvalue weighted by atomic mass is 16.5. The van der Waals surface area contributed by atoms with Crippen molar-refractivity contribution in [3.63, 3.8) is 0 Å². The fraction of sp³-hybridized carbons (Fsp3) is 0.125. The van der Waals surface area contributed by atoms with E-state index in [-0.39, 0.29) is 11.6 Å². The summed E-state index contributed by atoms with van der Waals surface area (Å²) in [6.45, 7) is 2.45. The molecule has 3 aromatic rings. The van der Waals surface area contributed by atoms with Crippen molar-refractivity contribution in [1.82, 2.24) is 0 Å². The Morgan fingerprint density at radius 2 is 1.90 bits per heavy atom. The van der Waals surface area contributed by atoms with Crippen LogP contribution in [0.25, 0.3) is 0 Å². The molecule has 144 valence electrons. The van der Waals surface area contributed by atoms with Crippen LogP contribution in [-0.4, -0.2) is 5.11 Å². The molecule has 1 aliphatic heterocycles. The molecule has 0 aromatic heterocycles. The van der Waals surface area contributed by atoms with Crippen molar-refractivity contribution in [3.05, 3.63) is 100 Å². The molecule has 1 heterocycles. The predicted octanol–water partition coefficient (Wildman–Crippen LogP) is 4.50. The number of para-hydroxylation sites is 1. The van der Waals surface area contributed by atoms with E-state index in [0.717, 1.165) is 16.7 Å². The van der Waals surface area contributed by atoms with Crippen LogP contribution >= 0.6 is 0 Å². The van der Waals surface area contributed by atoms with E-state index in [0.29, 0.717) is 23.7 Å². The Labute approximate surface area is 169 Å². The number of nitrogens with zero attached hydrogens (tertiary/aromatic N) is 1. The maximum absolute atomic E-state index is 9.82. The molecule has 0 unspecified atom stereocenters. The monoisotopic (exact) mass is 384 g/mol. The van der Waals surface area contributed by atoms with Crippen LogP contribution < -0.4 is 15.2 Å². The summed E-state index contributed by atoms with van der Waals surface area (Å²) >= 11 is 0. The summed E-state index contributed by atoms with van der Waals surface area (Å²) in [6.07, 6.45) is 0. The van der Waals surface area contributed by atoms with Gasteiger partial charge in [-0.25, -0.2) is 0 Å². The summed E-state index contributed by atoms with van der Waals surface area (Å²) in [6, 6.07) is 22.7. The average molecular weight is 384 g/mol. The Kier molecular flexibility index (Phi) is 4.84. The number of hydrogen-bond donors (Lipinski definition) is 2. The number of aromatic hydroxyl groups is 1. The third-order valence-corrected chi connectivity index (χ3v) is 4.91. The van der Waals surface area contributed by atoms with E-state index in [1.54, 1.807) is 12.1 Å². The molecule has 0 spiro atoms. The lowest BCUT2D eigenvalue weighted by atomic mass is 9.83. The fourth-order valence-corrected chi connectivity index (χ4v) is 3.58. The fourth-order valence-electron chi connectivity index (χ4n) is 3.58. The van der Waals surface area contributed by atoms with Gasteiger partial charge in [0.1, 0.15) is 35.5 Å². The van der Waals surface area contributed by atoms with Gasteiger partial charge >= 0.3 is 0 Å². The molecule has 0 saturated carbocycles. The topological polar surface area (TPSA) is 88.5 Å². The largest absolute Gasteiger partial charge is 0.508 e. The number of nitrogens with two attached hydrogens (primary N) is 1. The van der Waals surface area contributed by atoms with E-state index in [1.807, 2.05) is 49.4 Å². The van der Waals surface area contributed by atoms with Crippen molar-refractivity contribution in [3.8, 4) is 23.3 Å². The van der Waals surface area contributed by atoms with Crippen LogP contribution in [0.15, 0.2) is 78.2 Å². The lowest BCUT2D eigenvalue weighted by Crippen LogP contribution is -2.21. The van der Waals surface area contributed by atoms with Gasteiger partial charge in [-0.2, -0.15) is 5.26 Å². The number of hydrogen-bond acceptors (Lipinski definition) is 5. The number of allylic oxidation sites excluding steroid dienone is 1. The van der Waals surface area contributed by atoms with Crippen LogP contribution in [0, 0.1) is 18.3 Å². The van der Waals surface area contributed by atoms with Crippen molar-refractivity contribution < 1.29 is 14.6 Å². The van der Waals surface area contributed by atoms with Crippen LogP contribution in [0.2, 0.25) is 0 Å². The third-order valence-electron chi connectivity index (χ3n) is 4.91. The van der Waals surface area contributed by atoms with Gasteiger partial charge in [-0.05, 0) is 24.6 Å². The van der Waals surface area contributed by atoms with Gasteiger partial charge in [0.05, 0.1) is 5.92 Å². The minimum Gasteiger partial charge on any atom is -0.508 e. The van der Waals surface area contributed by atoms with E-state index < -0.39 is 5.92 Å². The maximum atomic E-state index is 9.82. The molecule has 0 amide bonds. The lowest BCUT2D eigenvalue weighted by molar-refractivity contribution is 0.301. The second kappa shape index (κ2) is 7.61. The van der Waals surface area contributed by atoms with E-state index in [9.17, 15) is 10.4 Å². The zero-order chi connectivity index (χ0) is 20.4. The van der Waals surface area contributed by atoms with Gasteiger partial charge in [-0.3, -0.25) is 0 Å². The minimum absolute atomic E-state index is 0.0316. The molecule has 1 atom stereocenters. The molecule has 0 radical (unpaired) electrons. The molecule has 29 heavy (non-hydrogen) atoms. The van der Waals surface area contributed by atoms with Crippen molar-refractivity contribution in [2.75, 3.05) is 0 Å². The molecule has 0 bridgehead atoms. The zero-order valence-corrected chi connectivity index (χ0v) is 15.9. The number of ether oxygens (including phenoxy) is 2. The zero-order valence-electron chi connectivity index (χ0n) is 15.9. The van der Waals surface area contributed by atoms with Gasteiger partial charge in [0.2, 0.25) is 5.88 Å². The first kappa shape index (κ1) is 18.5. The number of fused-ring (bicyclic) bond motifs is 1. The molecule has 5 heteroatoms. The van der Waals surface area contributed by atoms with Crippen molar-refractivity contribution in [2.24, 2.45) is 5.73 Å². The third kappa shape index (κ3) is 3.61. The molecule has 0 saturated heterocycles. The standard InChI is InChI=1S/C24H20N2O3/c1-15-5-4-6-16(11-15)14-28-21-8-3-2-7-18(21)23-19-10-9-17(27)12-22(19)29-24(26)20(23)13-25/h2-12,23,27H,14,26H2,1H3/t23-/m0/s1. The molecule has 3 N–H and O–H groups in total. The number of phenols is 1. The molecule has 5 nitrogen and oxygen atoms in total. The van der Waals surface area contributed by atoms with Crippen LogP contribution in [0.5, 0.6) is 17.2 Å². The number of phenolic OH excluding ortho intramolecular Hbond substituents is 1. The van der Waals surface area contributed by atoms with Crippen molar-refractivity contribution in [2.45, 2.75) is 19.4 Å². The highest BCUT2D eigenvalue weighted by molar-refractivity contribution is 5.59. The van der Waals surface area contributed by atoms with Gasteiger partial charge in [-0.15, -0.1) is 0 Å². The van der Waals surface area contributed by atoms with E-state index in [2.05, 4.69) is 12.1 Å². The summed E-state index contributed by atoms with van der Waals surface area (Å²) in [4.78, 5) is 0. The van der Waals surface area contributed by atoms with E-state index in [1.165, 1.54) is 11.6 Å². The Morgan fingerprint density at radius 3 is 2.69 bits per heavy atom. The number of rotatable bonds is 4.